The second-order valence-electron chi connectivity index (χ2n) is 4.01. The standard InChI is InChI=1S/C12H14F2O3/c1-7(6-15)8-4-10-11(17-3-2-16-10)5-9(8)12(13)14/h4-5,7,12,15H,2-3,6H2,1H3. The molecule has 1 atom stereocenters. The first-order chi connectivity index (χ1) is 8.13. The van der Waals surface area contributed by atoms with Crippen molar-refractivity contribution in [3.05, 3.63) is 23.3 Å². The lowest BCUT2D eigenvalue weighted by Crippen LogP contribution is -2.16. The van der Waals surface area contributed by atoms with Gasteiger partial charge in [0.05, 0.1) is 0 Å². The molecule has 1 aliphatic rings. The molecule has 0 aromatic heterocycles. The quantitative estimate of drug-likeness (QED) is 0.887. The van der Waals surface area contributed by atoms with Gasteiger partial charge in [-0.15, -0.1) is 0 Å². The number of hydrogen-bond acceptors (Lipinski definition) is 3. The zero-order valence-electron chi connectivity index (χ0n) is 9.45. The summed E-state index contributed by atoms with van der Waals surface area (Å²) in [4.78, 5) is 0. The number of alkyl halides is 2. The second kappa shape index (κ2) is 4.87. The summed E-state index contributed by atoms with van der Waals surface area (Å²) in [5, 5.41) is 9.08. The number of aliphatic hydroxyl groups is 1. The molecule has 1 heterocycles. The molecule has 0 saturated heterocycles. The van der Waals surface area contributed by atoms with Crippen molar-refractivity contribution in [1.82, 2.24) is 0 Å². The van der Waals surface area contributed by atoms with Crippen LogP contribution in [0.3, 0.4) is 0 Å². The van der Waals surface area contributed by atoms with Gasteiger partial charge in [-0.1, -0.05) is 6.92 Å². The van der Waals surface area contributed by atoms with Crippen molar-refractivity contribution in [2.24, 2.45) is 0 Å². The average Bonchev–Trinajstić information content (AvgIpc) is 2.36. The Balaban J connectivity index is 2.48. The van der Waals surface area contributed by atoms with E-state index in [2.05, 4.69) is 0 Å². The van der Waals surface area contributed by atoms with Crippen molar-refractivity contribution in [2.45, 2.75) is 19.3 Å². The van der Waals surface area contributed by atoms with E-state index in [-0.39, 0.29) is 18.1 Å². The highest BCUT2D eigenvalue weighted by Crippen LogP contribution is 2.39. The molecular formula is C12H14F2O3. The van der Waals surface area contributed by atoms with E-state index < -0.39 is 6.43 Å². The maximum atomic E-state index is 12.9. The summed E-state index contributed by atoms with van der Waals surface area (Å²) in [6.07, 6.45) is -2.59. The van der Waals surface area contributed by atoms with Crippen LogP contribution in [0.2, 0.25) is 0 Å². The number of ether oxygens (including phenoxy) is 2. The molecule has 5 heteroatoms. The number of benzene rings is 1. The van der Waals surface area contributed by atoms with Crippen molar-refractivity contribution in [3.63, 3.8) is 0 Å². The minimum atomic E-state index is -2.59. The SMILES string of the molecule is CC(CO)c1cc2c(cc1C(F)F)OCCO2. The van der Waals surface area contributed by atoms with Crippen LogP contribution in [0.1, 0.15) is 30.4 Å². The first-order valence-corrected chi connectivity index (χ1v) is 5.46. The molecule has 1 unspecified atom stereocenters. The van der Waals surface area contributed by atoms with E-state index in [1.165, 1.54) is 12.1 Å². The molecule has 0 radical (unpaired) electrons. The smallest absolute Gasteiger partial charge is 0.264 e. The molecule has 2 rings (SSSR count). The summed E-state index contributed by atoms with van der Waals surface area (Å²) in [6, 6.07) is 2.84. The molecule has 1 aromatic carbocycles. The van der Waals surface area contributed by atoms with Crippen LogP contribution in [0.5, 0.6) is 11.5 Å². The van der Waals surface area contributed by atoms with Gasteiger partial charge in [0.1, 0.15) is 13.2 Å². The lowest BCUT2D eigenvalue weighted by molar-refractivity contribution is 0.144. The van der Waals surface area contributed by atoms with Crippen LogP contribution < -0.4 is 9.47 Å². The van der Waals surface area contributed by atoms with Crippen molar-refractivity contribution in [3.8, 4) is 11.5 Å². The van der Waals surface area contributed by atoms with Gasteiger partial charge < -0.3 is 14.6 Å². The predicted octanol–water partition coefficient (Wildman–Crippen LogP) is 2.49. The van der Waals surface area contributed by atoms with Crippen molar-refractivity contribution in [2.75, 3.05) is 19.8 Å². The zero-order chi connectivity index (χ0) is 12.4. The lowest BCUT2D eigenvalue weighted by atomic mass is 9.95. The van der Waals surface area contributed by atoms with E-state index in [9.17, 15) is 8.78 Å². The third-order valence-corrected chi connectivity index (χ3v) is 2.79. The Bertz CT molecular complexity index is 407. The lowest BCUT2D eigenvalue weighted by Gasteiger charge is -2.22. The molecule has 0 spiro atoms. The van der Waals surface area contributed by atoms with Crippen LogP contribution in [-0.4, -0.2) is 24.9 Å². The minimum Gasteiger partial charge on any atom is -0.486 e. The monoisotopic (exact) mass is 244 g/mol. The van der Waals surface area contributed by atoms with Gasteiger partial charge in [-0.3, -0.25) is 0 Å². The van der Waals surface area contributed by atoms with Crippen molar-refractivity contribution in [1.29, 1.82) is 0 Å². The van der Waals surface area contributed by atoms with Crippen LogP contribution in [-0.2, 0) is 0 Å². The first kappa shape index (κ1) is 12.1. The summed E-state index contributed by atoms with van der Waals surface area (Å²) >= 11 is 0. The molecule has 1 N–H and O–H groups in total. The number of aliphatic hydroxyl groups excluding tert-OH is 1. The topological polar surface area (TPSA) is 38.7 Å². The normalized spacial score (nSPS) is 16.1. The van der Waals surface area contributed by atoms with Crippen LogP contribution in [0.4, 0.5) is 8.78 Å². The summed E-state index contributed by atoms with van der Waals surface area (Å²) in [5.41, 5.74) is 0.308. The predicted molar refractivity (Wildman–Crippen MR) is 57.9 cm³/mol. The van der Waals surface area contributed by atoms with Gasteiger partial charge in [-0.25, -0.2) is 8.78 Å². The molecule has 0 bridgehead atoms. The largest absolute Gasteiger partial charge is 0.486 e. The Morgan fingerprint density at radius 3 is 2.18 bits per heavy atom. The van der Waals surface area contributed by atoms with Gasteiger partial charge in [0.25, 0.3) is 6.43 Å². The maximum Gasteiger partial charge on any atom is 0.264 e. The van der Waals surface area contributed by atoms with Crippen LogP contribution in [0.15, 0.2) is 12.1 Å². The molecule has 94 valence electrons. The molecule has 0 saturated carbocycles. The Labute approximate surface area is 98.0 Å². The molecule has 1 aliphatic heterocycles. The highest BCUT2D eigenvalue weighted by molar-refractivity contribution is 5.49. The van der Waals surface area contributed by atoms with Gasteiger partial charge in [0.2, 0.25) is 0 Å². The highest BCUT2D eigenvalue weighted by Gasteiger charge is 2.23. The summed E-state index contributed by atoms with van der Waals surface area (Å²) < 4.78 is 36.4. The Hall–Kier alpha value is -1.36. The highest BCUT2D eigenvalue weighted by atomic mass is 19.3. The summed E-state index contributed by atoms with van der Waals surface area (Å²) in [5.74, 6) is 0.464. The number of halogens is 2. The molecular weight excluding hydrogens is 230 g/mol. The fourth-order valence-corrected chi connectivity index (χ4v) is 1.83. The maximum absolute atomic E-state index is 12.9. The summed E-state index contributed by atoms with van der Waals surface area (Å²) in [7, 11) is 0. The fraction of sp³-hybridized carbons (Fsp3) is 0.500. The van der Waals surface area contributed by atoms with Gasteiger partial charge >= 0.3 is 0 Å². The Kier molecular flexibility index (Phi) is 3.47. The van der Waals surface area contributed by atoms with Gasteiger partial charge in [0.15, 0.2) is 11.5 Å². The average molecular weight is 244 g/mol. The Morgan fingerprint density at radius 1 is 1.18 bits per heavy atom. The van der Waals surface area contributed by atoms with Crippen molar-refractivity contribution < 1.29 is 23.4 Å². The molecule has 0 fully saturated rings. The fourth-order valence-electron chi connectivity index (χ4n) is 1.83. The third kappa shape index (κ3) is 2.34. The molecule has 3 nitrogen and oxygen atoms in total. The molecule has 0 aliphatic carbocycles. The number of hydrogen-bond donors (Lipinski definition) is 1. The van der Waals surface area contributed by atoms with Gasteiger partial charge in [0, 0.05) is 18.1 Å². The second-order valence-corrected chi connectivity index (χ2v) is 4.01. The van der Waals surface area contributed by atoms with E-state index in [0.29, 0.717) is 30.3 Å². The minimum absolute atomic E-state index is 0.101. The first-order valence-electron chi connectivity index (χ1n) is 5.46. The van der Waals surface area contributed by atoms with E-state index in [0.717, 1.165) is 0 Å². The molecule has 17 heavy (non-hydrogen) atoms. The van der Waals surface area contributed by atoms with E-state index in [1.54, 1.807) is 6.92 Å². The third-order valence-electron chi connectivity index (χ3n) is 2.79. The van der Waals surface area contributed by atoms with Crippen LogP contribution in [0.25, 0.3) is 0 Å². The van der Waals surface area contributed by atoms with Gasteiger partial charge in [-0.2, -0.15) is 0 Å². The molecule has 0 amide bonds. The van der Waals surface area contributed by atoms with Crippen molar-refractivity contribution >= 4 is 0 Å². The molecule has 1 aromatic rings. The van der Waals surface area contributed by atoms with E-state index >= 15 is 0 Å². The number of fused-ring (bicyclic) bond motifs is 1. The van der Waals surface area contributed by atoms with Crippen LogP contribution in [0, 0.1) is 0 Å². The summed E-state index contributed by atoms with van der Waals surface area (Å²) in [6.45, 7) is 2.29. The van der Waals surface area contributed by atoms with E-state index in [1.807, 2.05) is 0 Å². The zero-order valence-corrected chi connectivity index (χ0v) is 9.45. The van der Waals surface area contributed by atoms with E-state index in [4.69, 9.17) is 14.6 Å². The Morgan fingerprint density at radius 2 is 1.71 bits per heavy atom. The van der Waals surface area contributed by atoms with Gasteiger partial charge in [-0.05, 0) is 17.7 Å². The number of rotatable bonds is 3. The van der Waals surface area contributed by atoms with Crippen LogP contribution >= 0.6 is 0 Å².